The highest BCUT2D eigenvalue weighted by atomic mass is 16.6. The van der Waals surface area contributed by atoms with E-state index < -0.39 is 0 Å². The SMILES string of the molecule is O=C(c1ccccc1)c1ccc(COCCOCCOCCOCCOCc2ccc(C(=O)c3ccccc3)cc2)cc1. The van der Waals surface area contributed by atoms with Crippen LogP contribution in [0.3, 0.4) is 0 Å². The number of rotatable bonds is 20. The van der Waals surface area contributed by atoms with Crippen LogP contribution in [0.2, 0.25) is 0 Å². The molecule has 0 spiro atoms. The van der Waals surface area contributed by atoms with Crippen LogP contribution in [0.25, 0.3) is 0 Å². The Hall–Kier alpha value is -3.98. The lowest BCUT2D eigenvalue weighted by Gasteiger charge is -2.08. The Kier molecular flexibility index (Phi) is 13.8. The van der Waals surface area contributed by atoms with E-state index in [4.69, 9.17) is 23.7 Å². The van der Waals surface area contributed by atoms with Crippen molar-refractivity contribution in [2.45, 2.75) is 13.2 Å². The lowest BCUT2D eigenvalue weighted by molar-refractivity contribution is -0.0138. The van der Waals surface area contributed by atoms with E-state index in [0.29, 0.717) is 88.3 Å². The number of benzene rings is 4. The van der Waals surface area contributed by atoms with Gasteiger partial charge in [0.2, 0.25) is 0 Å². The number of carbonyl (C=O) groups is 2. The number of ether oxygens (including phenoxy) is 5. The molecule has 43 heavy (non-hydrogen) atoms. The zero-order valence-corrected chi connectivity index (χ0v) is 24.3. The molecule has 0 unspecified atom stereocenters. The fraction of sp³-hybridized carbons (Fsp3) is 0.278. The second kappa shape index (κ2) is 18.5. The molecule has 0 amide bonds. The third kappa shape index (κ3) is 11.3. The predicted octanol–water partition coefficient (Wildman–Crippen LogP) is 5.93. The first-order chi connectivity index (χ1) is 21.2. The molecule has 0 saturated heterocycles. The summed E-state index contributed by atoms with van der Waals surface area (Å²) in [4.78, 5) is 25.0. The summed E-state index contributed by atoms with van der Waals surface area (Å²) in [6, 6.07) is 33.5. The summed E-state index contributed by atoms with van der Waals surface area (Å²) in [5, 5.41) is 0. The van der Waals surface area contributed by atoms with Gasteiger partial charge in [-0.2, -0.15) is 0 Å². The van der Waals surface area contributed by atoms with Crippen LogP contribution in [0.4, 0.5) is 0 Å². The van der Waals surface area contributed by atoms with E-state index in [1.54, 1.807) is 0 Å². The molecule has 0 atom stereocenters. The maximum atomic E-state index is 12.5. The molecule has 0 aliphatic heterocycles. The van der Waals surface area contributed by atoms with Crippen molar-refractivity contribution < 1.29 is 33.3 Å². The summed E-state index contributed by atoms with van der Waals surface area (Å²) < 4.78 is 27.9. The van der Waals surface area contributed by atoms with E-state index in [2.05, 4.69) is 0 Å². The molecule has 4 aromatic rings. The Morgan fingerprint density at radius 2 is 0.628 bits per heavy atom. The molecule has 0 heterocycles. The highest BCUT2D eigenvalue weighted by molar-refractivity contribution is 6.09. The average molecular weight is 583 g/mol. The van der Waals surface area contributed by atoms with Crippen LogP contribution in [0.5, 0.6) is 0 Å². The quantitative estimate of drug-likeness (QED) is 0.0944. The Labute approximate surface area is 253 Å². The van der Waals surface area contributed by atoms with Crippen molar-refractivity contribution in [2.24, 2.45) is 0 Å². The van der Waals surface area contributed by atoms with Crippen LogP contribution in [0.1, 0.15) is 43.0 Å². The van der Waals surface area contributed by atoms with Crippen LogP contribution >= 0.6 is 0 Å². The molecular formula is C36H38O7. The summed E-state index contributed by atoms with van der Waals surface area (Å²) in [7, 11) is 0. The Morgan fingerprint density at radius 3 is 0.953 bits per heavy atom. The largest absolute Gasteiger partial charge is 0.377 e. The minimum Gasteiger partial charge on any atom is -0.377 e. The second-order valence-corrected chi connectivity index (χ2v) is 9.73. The van der Waals surface area contributed by atoms with Gasteiger partial charge in [-0.1, -0.05) is 109 Å². The molecule has 0 aliphatic carbocycles. The highest BCUT2D eigenvalue weighted by Crippen LogP contribution is 2.13. The number of carbonyl (C=O) groups excluding carboxylic acids is 2. The van der Waals surface area contributed by atoms with Gasteiger partial charge in [-0.3, -0.25) is 9.59 Å². The average Bonchev–Trinajstić information content (AvgIpc) is 3.07. The lowest BCUT2D eigenvalue weighted by Crippen LogP contribution is -2.13. The Balaban J connectivity index is 0.933. The van der Waals surface area contributed by atoms with E-state index in [0.717, 1.165) is 11.1 Å². The first kappa shape index (κ1) is 31.9. The smallest absolute Gasteiger partial charge is 0.193 e. The molecule has 0 bridgehead atoms. The maximum absolute atomic E-state index is 12.5. The summed E-state index contributed by atoms with van der Waals surface area (Å²) >= 11 is 0. The van der Waals surface area contributed by atoms with Gasteiger partial charge in [-0.05, 0) is 11.1 Å². The molecular weight excluding hydrogens is 544 g/mol. The van der Waals surface area contributed by atoms with Crippen molar-refractivity contribution >= 4 is 11.6 Å². The van der Waals surface area contributed by atoms with Gasteiger partial charge in [-0.15, -0.1) is 0 Å². The first-order valence-electron chi connectivity index (χ1n) is 14.5. The van der Waals surface area contributed by atoms with Crippen LogP contribution < -0.4 is 0 Å². The van der Waals surface area contributed by atoms with E-state index in [-0.39, 0.29) is 11.6 Å². The molecule has 0 radical (unpaired) electrons. The van der Waals surface area contributed by atoms with Gasteiger partial charge in [0.15, 0.2) is 11.6 Å². The van der Waals surface area contributed by atoms with Crippen molar-refractivity contribution in [3.63, 3.8) is 0 Å². The van der Waals surface area contributed by atoms with Crippen LogP contribution in [0.15, 0.2) is 109 Å². The number of ketones is 2. The molecule has 0 aromatic heterocycles. The van der Waals surface area contributed by atoms with Crippen LogP contribution in [-0.4, -0.2) is 64.4 Å². The highest BCUT2D eigenvalue weighted by Gasteiger charge is 2.09. The van der Waals surface area contributed by atoms with Gasteiger partial charge in [-0.25, -0.2) is 0 Å². The maximum Gasteiger partial charge on any atom is 0.193 e. The third-order valence-electron chi connectivity index (χ3n) is 6.53. The van der Waals surface area contributed by atoms with Crippen molar-refractivity contribution in [3.05, 3.63) is 143 Å². The minimum atomic E-state index is 0.0119. The molecule has 0 fully saturated rings. The molecule has 0 N–H and O–H groups in total. The summed E-state index contributed by atoms with van der Waals surface area (Å²) in [5.74, 6) is 0.0238. The number of hydrogen-bond acceptors (Lipinski definition) is 7. The van der Waals surface area contributed by atoms with E-state index >= 15 is 0 Å². The van der Waals surface area contributed by atoms with E-state index in [1.807, 2.05) is 109 Å². The Morgan fingerprint density at radius 1 is 0.349 bits per heavy atom. The predicted molar refractivity (Wildman–Crippen MR) is 164 cm³/mol. The minimum absolute atomic E-state index is 0.0119. The molecule has 0 saturated carbocycles. The van der Waals surface area contributed by atoms with Crippen molar-refractivity contribution in [1.82, 2.24) is 0 Å². The fourth-order valence-electron chi connectivity index (χ4n) is 4.17. The van der Waals surface area contributed by atoms with Gasteiger partial charge in [0.1, 0.15) is 0 Å². The number of hydrogen-bond donors (Lipinski definition) is 0. The molecule has 7 nitrogen and oxygen atoms in total. The van der Waals surface area contributed by atoms with Crippen LogP contribution in [-0.2, 0) is 36.9 Å². The Bertz CT molecular complexity index is 1250. The molecule has 4 aromatic carbocycles. The van der Waals surface area contributed by atoms with Gasteiger partial charge >= 0.3 is 0 Å². The molecule has 7 heteroatoms. The molecule has 4 rings (SSSR count). The molecule has 224 valence electrons. The normalized spacial score (nSPS) is 11.0. The van der Waals surface area contributed by atoms with Gasteiger partial charge in [0.25, 0.3) is 0 Å². The van der Waals surface area contributed by atoms with E-state index in [9.17, 15) is 9.59 Å². The van der Waals surface area contributed by atoms with E-state index in [1.165, 1.54) is 0 Å². The standard InChI is InChI=1S/C36H38O7/c37-35(31-7-3-1-4-8-31)33-15-11-29(12-16-33)27-42-25-23-40-21-19-39-20-22-41-24-26-43-28-30-13-17-34(18-14-30)36(38)32-9-5-2-6-10-32/h1-18H,19-28H2. The lowest BCUT2D eigenvalue weighted by atomic mass is 10.0. The zero-order chi connectivity index (χ0) is 30.0. The van der Waals surface area contributed by atoms with Gasteiger partial charge < -0.3 is 23.7 Å². The second-order valence-electron chi connectivity index (χ2n) is 9.73. The third-order valence-corrected chi connectivity index (χ3v) is 6.53. The van der Waals surface area contributed by atoms with Gasteiger partial charge in [0, 0.05) is 22.3 Å². The fourth-order valence-corrected chi connectivity index (χ4v) is 4.17. The van der Waals surface area contributed by atoms with Gasteiger partial charge in [0.05, 0.1) is 66.1 Å². The summed E-state index contributed by atoms with van der Waals surface area (Å²) in [5.41, 5.74) is 4.69. The summed E-state index contributed by atoms with van der Waals surface area (Å²) in [6.45, 7) is 4.77. The van der Waals surface area contributed by atoms with Crippen LogP contribution in [0, 0.1) is 0 Å². The monoisotopic (exact) mass is 582 g/mol. The van der Waals surface area contributed by atoms with Crippen molar-refractivity contribution in [3.8, 4) is 0 Å². The zero-order valence-electron chi connectivity index (χ0n) is 24.3. The van der Waals surface area contributed by atoms with Crippen molar-refractivity contribution in [2.75, 3.05) is 52.9 Å². The first-order valence-corrected chi connectivity index (χ1v) is 14.5. The molecule has 0 aliphatic rings. The van der Waals surface area contributed by atoms with Crippen molar-refractivity contribution in [1.29, 1.82) is 0 Å². The topological polar surface area (TPSA) is 80.3 Å². The summed E-state index contributed by atoms with van der Waals surface area (Å²) in [6.07, 6.45) is 0.